The predicted octanol–water partition coefficient (Wildman–Crippen LogP) is 4.15. The van der Waals surface area contributed by atoms with Crippen LogP contribution in [0.25, 0.3) is 11.4 Å². The molecule has 20 heavy (non-hydrogen) atoms. The molecule has 1 heterocycles. The molecule has 2 aromatic rings. The van der Waals surface area contributed by atoms with Gasteiger partial charge in [-0.3, -0.25) is 0 Å². The molecule has 1 aromatic heterocycles. The zero-order valence-corrected chi connectivity index (χ0v) is 12.4. The van der Waals surface area contributed by atoms with E-state index in [0.717, 1.165) is 29.2 Å². The first-order valence-electron chi connectivity index (χ1n) is 6.90. The van der Waals surface area contributed by atoms with E-state index in [1.54, 1.807) is 6.07 Å². The van der Waals surface area contributed by atoms with Crippen LogP contribution in [0.15, 0.2) is 24.3 Å². The first-order chi connectivity index (χ1) is 9.51. The Balaban J connectivity index is 2.54. The third kappa shape index (κ3) is 3.13. The molecule has 0 bridgehead atoms. The van der Waals surface area contributed by atoms with Gasteiger partial charge in [0.25, 0.3) is 0 Å². The number of hydrogen-bond acceptors (Lipinski definition) is 3. The summed E-state index contributed by atoms with van der Waals surface area (Å²) in [5.74, 6) is 1.53. The number of benzene rings is 1. The molecule has 3 nitrogen and oxygen atoms in total. The van der Waals surface area contributed by atoms with Crippen LogP contribution >= 0.6 is 0 Å². The summed E-state index contributed by atoms with van der Waals surface area (Å²) in [7, 11) is 0. The smallest absolute Gasteiger partial charge is 0.162 e. The van der Waals surface area contributed by atoms with Gasteiger partial charge < -0.3 is 5.32 Å². The predicted molar refractivity (Wildman–Crippen MR) is 80.4 cm³/mol. The molecule has 0 aliphatic carbocycles. The third-order valence-corrected chi connectivity index (χ3v) is 3.12. The first-order valence-corrected chi connectivity index (χ1v) is 6.90. The molecule has 0 aliphatic heterocycles. The normalized spacial score (nSPS) is 10.9. The highest BCUT2D eigenvalue weighted by Gasteiger charge is 2.11. The second-order valence-electron chi connectivity index (χ2n) is 5.15. The Kier molecular flexibility index (Phi) is 4.32. The van der Waals surface area contributed by atoms with Crippen molar-refractivity contribution in [3.8, 4) is 11.4 Å². The Morgan fingerprint density at radius 3 is 2.55 bits per heavy atom. The molecule has 0 unspecified atom stereocenters. The van der Waals surface area contributed by atoms with Crippen molar-refractivity contribution in [1.82, 2.24) is 9.97 Å². The number of nitrogens with zero attached hydrogens (tertiary/aromatic N) is 2. The van der Waals surface area contributed by atoms with Crippen LogP contribution in [0.4, 0.5) is 10.2 Å². The number of aromatic nitrogens is 2. The van der Waals surface area contributed by atoms with E-state index in [0.29, 0.717) is 11.7 Å². The fourth-order valence-corrected chi connectivity index (χ4v) is 2.03. The van der Waals surface area contributed by atoms with E-state index in [-0.39, 0.29) is 5.82 Å². The fraction of sp³-hybridized carbons (Fsp3) is 0.375. The van der Waals surface area contributed by atoms with E-state index in [2.05, 4.69) is 29.1 Å². The first kappa shape index (κ1) is 14.4. The van der Waals surface area contributed by atoms with Gasteiger partial charge in [0.05, 0.1) is 0 Å². The molecule has 0 saturated carbocycles. The van der Waals surface area contributed by atoms with Crippen LogP contribution in [0.3, 0.4) is 0 Å². The van der Waals surface area contributed by atoms with E-state index in [1.807, 2.05) is 19.9 Å². The van der Waals surface area contributed by atoms with Crippen molar-refractivity contribution in [2.75, 3.05) is 11.9 Å². The molecule has 0 aliphatic rings. The summed E-state index contributed by atoms with van der Waals surface area (Å²) < 4.78 is 13.2. The van der Waals surface area contributed by atoms with Crippen molar-refractivity contribution in [3.05, 3.63) is 41.3 Å². The van der Waals surface area contributed by atoms with Crippen molar-refractivity contribution in [2.24, 2.45) is 0 Å². The average Bonchev–Trinajstić information content (AvgIpc) is 2.38. The van der Waals surface area contributed by atoms with Gasteiger partial charge in [0.1, 0.15) is 11.6 Å². The lowest BCUT2D eigenvalue weighted by Gasteiger charge is -2.12. The van der Waals surface area contributed by atoms with Gasteiger partial charge in [-0.15, -0.1) is 0 Å². The lowest BCUT2D eigenvalue weighted by atomic mass is 10.1. The second-order valence-corrected chi connectivity index (χ2v) is 5.15. The Bertz CT molecular complexity index is 609. The zero-order valence-electron chi connectivity index (χ0n) is 12.4. The fourth-order valence-electron chi connectivity index (χ4n) is 2.03. The number of nitrogens with one attached hydrogen (secondary N) is 1. The maximum Gasteiger partial charge on any atom is 0.162 e. The van der Waals surface area contributed by atoms with Crippen LogP contribution < -0.4 is 5.32 Å². The molecular weight excluding hydrogens is 253 g/mol. The van der Waals surface area contributed by atoms with Crippen molar-refractivity contribution in [1.29, 1.82) is 0 Å². The van der Waals surface area contributed by atoms with Gasteiger partial charge in [0.2, 0.25) is 0 Å². The molecule has 0 radical (unpaired) electrons. The lowest BCUT2D eigenvalue weighted by molar-refractivity contribution is 0.627. The minimum Gasteiger partial charge on any atom is -0.370 e. The van der Waals surface area contributed by atoms with Crippen LogP contribution in [0, 0.1) is 12.7 Å². The molecule has 4 heteroatoms. The second kappa shape index (κ2) is 5.99. The van der Waals surface area contributed by atoms with Crippen molar-refractivity contribution in [3.63, 3.8) is 0 Å². The molecule has 106 valence electrons. The largest absolute Gasteiger partial charge is 0.370 e. The molecule has 0 fully saturated rings. The maximum absolute atomic E-state index is 13.2. The van der Waals surface area contributed by atoms with Gasteiger partial charge in [0, 0.05) is 23.9 Å². The lowest BCUT2D eigenvalue weighted by Crippen LogP contribution is -2.05. The van der Waals surface area contributed by atoms with E-state index in [1.165, 1.54) is 12.1 Å². The summed E-state index contributed by atoms with van der Waals surface area (Å²) in [6, 6.07) is 6.66. The van der Waals surface area contributed by atoms with Gasteiger partial charge >= 0.3 is 0 Å². The van der Waals surface area contributed by atoms with Crippen LogP contribution in [0.5, 0.6) is 0 Å². The number of rotatable bonds is 4. The number of hydrogen-bond donors (Lipinski definition) is 1. The summed E-state index contributed by atoms with van der Waals surface area (Å²) in [4.78, 5) is 9.12. The number of halogens is 1. The molecule has 0 amide bonds. The van der Waals surface area contributed by atoms with Gasteiger partial charge in [-0.05, 0) is 43.5 Å². The highest BCUT2D eigenvalue weighted by Crippen LogP contribution is 2.24. The summed E-state index contributed by atoms with van der Waals surface area (Å²) in [5.41, 5.74) is 2.69. The number of anilines is 1. The Labute approximate surface area is 119 Å². The molecule has 1 N–H and O–H groups in total. The number of aryl methyl sites for hydroxylation is 1. The summed E-state index contributed by atoms with van der Waals surface area (Å²) in [5, 5.41) is 3.22. The standard InChI is InChI=1S/C16H20FN3/c1-5-18-15-9-14(10(2)3)19-16(20-15)13-7-6-12(17)8-11(13)4/h6-10H,5H2,1-4H3,(H,18,19,20). The van der Waals surface area contributed by atoms with Crippen LogP contribution in [0.1, 0.15) is 37.9 Å². The quantitative estimate of drug-likeness (QED) is 0.909. The van der Waals surface area contributed by atoms with Crippen LogP contribution in [-0.4, -0.2) is 16.5 Å². The third-order valence-electron chi connectivity index (χ3n) is 3.12. The van der Waals surface area contributed by atoms with Crippen LogP contribution in [-0.2, 0) is 0 Å². The Morgan fingerprint density at radius 2 is 1.95 bits per heavy atom. The molecule has 2 rings (SSSR count). The molecule has 0 saturated heterocycles. The average molecular weight is 273 g/mol. The minimum atomic E-state index is -0.238. The molecule has 1 aromatic carbocycles. The SMILES string of the molecule is CCNc1cc(C(C)C)nc(-c2ccc(F)cc2C)n1. The van der Waals surface area contributed by atoms with Crippen molar-refractivity contribution >= 4 is 5.82 Å². The summed E-state index contributed by atoms with van der Waals surface area (Å²) in [6.45, 7) is 8.89. The zero-order chi connectivity index (χ0) is 14.7. The summed E-state index contributed by atoms with van der Waals surface area (Å²) >= 11 is 0. The molecule has 0 spiro atoms. The van der Waals surface area contributed by atoms with Crippen molar-refractivity contribution < 1.29 is 4.39 Å². The highest BCUT2D eigenvalue weighted by atomic mass is 19.1. The van der Waals surface area contributed by atoms with Gasteiger partial charge in [-0.2, -0.15) is 0 Å². The van der Waals surface area contributed by atoms with Gasteiger partial charge in [-0.1, -0.05) is 13.8 Å². The van der Waals surface area contributed by atoms with E-state index in [9.17, 15) is 4.39 Å². The minimum absolute atomic E-state index is 0.238. The Hall–Kier alpha value is -1.97. The summed E-state index contributed by atoms with van der Waals surface area (Å²) in [6.07, 6.45) is 0. The van der Waals surface area contributed by atoms with Crippen molar-refractivity contribution in [2.45, 2.75) is 33.6 Å². The topological polar surface area (TPSA) is 37.8 Å². The van der Waals surface area contributed by atoms with E-state index >= 15 is 0 Å². The maximum atomic E-state index is 13.2. The van der Waals surface area contributed by atoms with Crippen LogP contribution in [0.2, 0.25) is 0 Å². The Morgan fingerprint density at radius 1 is 1.20 bits per heavy atom. The van der Waals surface area contributed by atoms with E-state index < -0.39 is 0 Å². The highest BCUT2D eigenvalue weighted by molar-refractivity contribution is 5.62. The van der Waals surface area contributed by atoms with E-state index in [4.69, 9.17) is 0 Å². The van der Waals surface area contributed by atoms with Gasteiger partial charge in [-0.25, -0.2) is 14.4 Å². The monoisotopic (exact) mass is 273 g/mol. The van der Waals surface area contributed by atoms with Gasteiger partial charge in [0.15, 0.2) is 5.82 Å². The molecular formula is C16H20FN3. The molecule has 0 atom stereocenters.